The average molecular weight is 403 g/mol. The van der Waals surface area contributed by atoms with Gasteiger partial charge in [0.2, 0.25) is 5.91 Å². The molecule has 1 N–H and O–H groups in total. The van der Waals surface area contributed by atoms with Crippen LogP contribution in [-0.2, 0) is 14.9 Å². The maximum atomic E-state index is 13.5. The molecule has 3 aromatic carbocycles. The predicted octanol–water partition coefficient (Wildman–Crippen LogP) is 4.82. The van der Waals surface area contributed by atoms with E-state index in [9.17, 15) is 9.18 Å². The van der Waals surface area contributed by atoms with Gasteiger partial charge >= 0.3 is 0 Å². The number of carbonyl (C=O) groups is 1. The largest absolute Gasteiger partial charge is 0.381 e. The van der Waals surface area contributed by atoms with Crippen LogP contribution in [0.5, 0.6) is 0 Å². The second-order valence-electron chi connectivity index (χ2n) is 7.87. The van der Waals surface area contributed by atoms with E-state index in [1.54, 1.807) is 0 Å². The van der Waals surface area contributed by atoms with Crippen molar-refractivity contribution in [3.63, 3.8) is 0 Å². The molecule has 3 aromatic rings. The van der Waals surface area contributed by atoms with E-state index in [1.165, 1.54) is 12.1 Å². The molecule has 154 valence electrons. The fraction of sp³-hybridized carbons (Fsp3) is 0.269. The lowest BCUT2D eigenvalue weighted by Crippen LogP contribution is -2.45. The molecule has 1 heterocycles. The average Bonchev–Trinajstić information content (AvgIpc) is 2.80. The molecule has 0 spiro atoms. The highest BCUT2D eigenvalue weighted by Crippen LogP contribution is 2.35. The molecule has 0 unspecified atom stereocenters. The van der Waals surface area contributed by atoms with E-state index >= 15 is 0 Å². The van der Waals surface area contributed by atoms with E-state index in [1.807, 2.05) is 72.8 Å². The normalized spacial score (nSPS) is 15.7. The number of hydrogen-bond donors (Lipinski definition) is 1. The molecule has 4 rings (SSSR count). The molecule has 3 nitrogen and oxygen atoms in total. The third kappa shape index (κ3) is 4.44. The molecule has 1 aliphatic rings. The highest BCUT2D eigenvalue weighted by atomic mass is 19.1. The number of benzene rings is 3. The molecule has 0 saturated carbocycles. The molecule has 0 aromatic heterocycles. The van der Waals surface area contributed by atoms with Gasteiger partial charge in [-0.25, -0.2) is 4.39 Å². The Balaban J connectivity index is 1.59. The van der Waals surface area contributed by atoms with Gasteiger partial charge in [0.15, 0.2) is 0 Å². The summed E-state index contributed by atoms with van der Waals surface area (Å²) in [4.78, 5) is 13.4. The highest BCUT2D eigenvalue weighted by Gasteiger charge is 2.36. The second-order valence-corrected chi connectivity index (χ2v) is 7.87. The molecule has 0 bridgehead atoms. The van der Waals surface area contributed by atoms with E-state index in [2.05, 4.69) is 5.32 Å². The summed E-state index contributed by atoms with van der Waals surface area (Å²) in [5.74, 6) is -0.656. The first-order chi connectivity index (χ1) is 14.7. The number of amides is 1. The predicted molar refractivity (Wildman–Crippen MR) is 116 cm³/mol. The quantitative estimate of drug-likeness (QED) is 0.641. The zero-order valence-corrected chi connectivity index (χ0v) is 16.9. The fourth-order valence-electron chi connectivity index (χ4n) is 4.28. The molecule has 0 atom stereocenters. The van der Waals surface area contributed by atoms with Crippen molar-refractivity contribution in [2.75, 3.05) is 19.8 Å². The summed E-state index contributed by atoms with van der Waals surface area (Å²) >= 11 is 0. The summed E-state index contributed by atoms with van der Waals surface area (Å²) in [5.41, 5.74) is 2.72. The zero-order chi connectivity index (χ0) is 20.8. The Morgan fingerprint density at radius 3 is 1.93 bits per heavy atom. The Labute approximate surface area is 176 Å². The lowest BCUT2D eigenvalue weighted by atomic mass is 9.74. The summed E-state index contributed by atoms with van der Waals surface area (Å²) < 4.78 is 19.1. The topological polar surface area (TPSA) is 38.3 Å². The van der Waals surface area contributed by atoms with Gasteiger partial charge in [0.25, 0.3) is 0 Å². The van der Waals surface area contributed by atoms with Crippen molar-refractivity contribution in [2.24, 2.45) is 0 Å². The monoisotopic (exact) mass is 403 g/mol. The van der Waals surface area contributed by atoms with Gasteiger partial charge in [0.05, 0.1) is 5.92 Å². The van der Waals surface area contributed by atoms with Crippen LogP contribution in [0.1, 0.15) is 35.4 Å². The summed E-state index contributed by atoms with van der Waals surface area (Å²) in [7, 11) is 0. The molecular weight excluding hydrogens is 377 g/mol. The standard InChI is InChI=1S/C26H26FNO2/c27-23-13-11-22(12-14-23)26(15-17-30-18-16-26)19-28-25(29)24(20-7-3-1-4-8-20)21-9-5-2-6-10-21/h1-14,24H,15-19H2,(H,28,29). The molecular formula is C26H26FNO2. The van der Waals surface area contributed by atoms with E-state index < -0.39 is 0 Å². The number of rotatable bonds is 6. The minimum absolute atomic E-state index is 0.0274. The van der Waals surface area contributed by atoms with Crippen molar-refractivity contribution in [3.8, 4) is 0 Å². The molecule has 4 heteroatoms. The molecule has 1 aliphatic heterocycles. The Morgan fingerprint density at radius 1 is 0.867 bits per heavy atom. The van der Waals surface area contributed by atoms with Crippen LogP contribution in [0.15, 0.2) is 84.9 Å². The van der Waals surface area contributed by atoms with E-state index in [0.717, 1.165) is 29.5 Å². The molecule has 30 heavy (non-hydrogen) atoms. The van der Waals surface area contributed by atoms with Gasteiger partial charge < -0.3 is 10.1 Å². The number of carbonyl (C=O) groups excluding carboxylic acids is 1. The lowest BCUT2D eigenvalue weighted by molar-refractivity contribution is -0.122. The van der Waals surface area contributed by atoms with Gasteiger partial charge in [-0.05, 0) is 41.7 Å². The third-order valence-electron chi connectivity index (χ3n) is 6.04. The van der Waals surface area contributed by atoms with Crippen molar-refractivity contribution in [3.05, 3.63) is 107 Å². The first-order valence-electron chi connectivity index (χ1n) is 10.4. The summed E-state index contributed by atoms with van der Waals surface area (Å²) in [5, 5.41) is 3.22. The Morgan fingerprint density at radius 2 is 1.40 bits per heavy atom. The van der Waals surface area contributed by atoms with Crippen molar-refractivity contribution in [1.29, 1.82) is 0 Å². The van der Waals surface area contributed by atoms with Gasteiger partial charge in [0, 0.05) is 25.2 Å². The maximum Gasteiger partial charge on any atom is 0.232 e. The van der Waals surface area contributed by atoms with Crippen molar-refractivity contribution in [1.82, 2.24) is 5.32 Å². The van der Waals surface area contributed by atoms with Crippen molar-refractivity contribution in [2.45, 2.75) is 24.2 Å². The molecule has 0 aliphatic carbocycles. The number of ether oxygens (including phenoxy) is 1. The van der Waals surface area contributed by atoms with E-state index in [4.69, 9.17) is 4.74 Å². The highest BCUT2D eigenvalue weighted by molar-refractivity contribution is 5.87. The first kappa shape index (κ1) is 20.3. The van der Waals surface area contributed by atoms with Gasteiger partial charge in [-0.1, -0.05) is 72.8 Å². The summed E-state index contributed by atoms with van der Waals surface area (Å²) in [6.45, 7) is 1.76. The Hall–Kier alpha value is -2.98. The summed E-state index contributed by atoms with van der Waals surface area (Å²) in [6.07, 6.45) is 1.58. The molecule has 1 fully saturated rings. The summed E-state index contributed by atoms with van der Waals surface area (Å²) in [6, 6.07) is 26.3. The van der Waals surface area contributed by atoms with Gasteiger partial charge in [-0.3, -0.25) is 4.79 Å². The van der Waals surface area contributed by atoms with Gasteiger partial charge in [0.1, 0.15) is 5.82 Å². The number of nitrogens with one attached hydrogen (secondary N) is 1. The van der Waals surface area contributed by atoms with Crippen molar-refractivity contribution < 1.29 is 13.9 Å². The maximum absolute atomic E-state index is 13.5. The third-order valence-corrected chi connectivity index (χ3v) is 6.04. The smallest absolute Gasteiger partial charge is 0.232 e. The Bertz CT molecular complexity index is 912. The molecule has 1 amide bonds. The number of hydrogen-bond acceptors (Lipinski definition) is 2. The molecule has 1 saturated heterocycles. The van der Waals surface area contributed by atoms with Crippen LogP contribution >= 0.6 is 0 Å². The van der Waals surface area contributed by atoms with Crippen LogP contribution in [0.25, 0.3) is 0 Å². The van der Waals surface area contributed by atoms with Gasteiger partial charge in [-0.2, -0.15) is 0 Å². The lowest BCUT2D eigenvalue weighted by Gasteiger charge is -2.38. The van der Waals surface area contributed by atoms with Crippen LogP contribution in [0.3, 0.4) is 0 Å². The minimum atomic E-state index is -0.377. The van der Waals surface area contributed by atoms with E-state index in [0.29, 0.717) is 19.8 Å². The van der Waals surface area contributed by atoms with Crippen LogP contribution < -0.4 is 5.32 Å². The van der Waals surface area contributed by atoms with Crippen molar-refractivity contribution >= 4 is 5.91 Å². The zero-order valence-electron chi connectivity index (χ0n) is 16.9. The van der Waals surface area contributed by atoms with Crippen LogP contribution in [0, 0.1) is 5.82 Å². The van der Waals surface area contributed by atoms with Crippen LogP contribution in [0.2, 0.25) is 0 Å². The number of halogens is 1. The SMILES string of the molecule is O=C(NCC1(c2ccc(F)cc2)CCOCC1)C(c1ccccc1)c1ccccc1. The second kappa shape index (κ2) is 9.23. The molecule has 0 radical (unpaired) electrons. The van der Waals surface area contributed by atoms with E-state index in [-0.39, 0.29) is 23.1 Å². The Kier molecular flexibility index (Phi) is 6.24. The minimum Gasteiger partial charge on any atom is -0.381 e. The van der Waals surface area contributed by atoms with Crippen LogP contribution in [0.4, 0.5) is 4.39 Å². The van der Waals surface area contributed by atoms with Gasteiger partial charge in [-0.15, -0.1) is 0 Å². The fourth-order valence-corrected chi connectivity index (χ4v) is 4.28. The first-order valence-corrected chi connectivity index (χ1v) is 10.4. The van der Waals surface area contributed by atoms with Crippen LogP contribution in [-0.4, -0.2) is 25.7 Å².